The van der Waals surface area contributed by atoms with Crippen molar-refractivity contribution >= 4 is 27.5 Å². The van der Waals surface area contributed by atoms with Crippen LogP contribution in [0.3, 0.4) is 0 Å². The van der Waals surface area contributed by atoms with E-state index in [4.69, 9.17) is 4.74 Å². The SMILES string of the molecule is COc1cccc(N(CC(=O)N(Cc2ccc(C)cc2)[C@H](C)C(=O)NCC(C)C)S(=O)(=O)c2ccccc2)c1. The predicted octanol–water partition coefficient (Wildman–Crippen LogP) is 4.39. The van der Waals surface area contributed by atoms with Gasteiger partial charge in [-0.15, -0.1) is 0 Å². The van der Waals surface area contributed by atoms with E-state index in [1.807, 2.05) is 45.0 Å². The van der Waals surface area contributed by atoms with E-state index in [2.05, 4.69) is 5.32 Å². The van der Waals surface area contributed by atoms with Crippen molar-refractivity contribution in [2.45, 2.75) is 45.2 Å². The molecular formula is C30H37N3O5S. The molecule has 0 spiro atoms. The first-order chi connectivity index (χ1) is 18.5. The number of ether oxygens (including phenoxy) is 1. The van der Waals surface area contributed by atoms with Gasteiger partial charge in [0, 0.05) is 19.2 Å². The van der Waals surface area contributed by atoms with Crippen molar-refractivity contribution in [3.63, 3.8) is 0 Å². The lowest BCUT2D eigenvalue weighted by Gasteiger charge is -2.32. The monoisotopic (exact) mass is 551 g/mol. The van der Waals surface area contributed by atoms with Crippen LogP contribution in [0.1, 0.15) is 31.9 Å². The molecule has 9 heteroatoms. The predicted molar refractivity (Wildman–Crippen MR) is 153 cm³/mol. The second-order valence-corrected chi connectivity index (χ2v) is 11.7. The molecule has 3 rings (SSSR count). The molecule has 0 aliphatic carbocycles. The van der Waals surface area contributed by atoms with Crippen LogP contribution >= 0.6 is 0 Å². The van der Waals surface area contributed by atoms with Gasteiger partial charge in [0.25, 0.3) is 10.0 Å². The Labute approximate surface area is 231 Å². The Morgan fingerprint density at radius 2 is 1.59 bits per heavy atom. The van der Waals surface area contributed by atoms with E-state index in [0.717, 1.165) is 15.4 Å². The van der Waals surface area contributed by atoms with Gasteiger partial charge in [0.1, 0.15) is 18.3 Å². The third-order valence-electron chi connectivity index (χ3n) is 6.28. The topological polar surface area (TPSA) is 96.0 Å². The lowest BCUT2D eigenvalue weighted by molar-refractivity contribution is -0.139. The number of hydrogen-bond acceptors (Lipinski definition) is 5. The fourth-order valence-corrected chi connectivity index (χ4v) is 5.37. The molecule has 0 aliphatic rings. The minimum Gasteiger partial charge on any atom is -0.497 e. The molecule has 0 saturated heterocycles. The highest BCUT2D eigenvalue weighted by molar-refractivity contribution is 7.92. The third-order valence-corrected chi connectivity index (χ3v) is 8.06. The van der Waals surface area contributed by atoms with Crippen molar-refractivity contribution in [2.75, 3.05) is 24.5 Å². The summed E-state index contributed by atoms with van der Waals surface area (Å²) in [6.45, 7) is 7.71. The van der Waals surface area contributed by atoms with Crippen LogP contribution in [-0.4, -0.2) is 51.4 Å². The summed E-state index contributed by atoms with van der Waals surface area (Å²) in [4.78, 5) is 28.4. The van der Waals surface area contributed by atoms with Gasteiger partial charge in [-0.1, -0.05) is 67.9 Å². The average molecular weight is 552 g/mol. The molecule has 2 amide bonds. The zero-order chi connectivity index (χ0) is 28.6. The summed E-state index contributed by atoms with van der Waals surface area (Å²) in [7, 11) is -2.64. The number of rotatable bonds is 12. The Bertz CT molecular complexity index is 1360. The number of carbonyl (C=O) groups excluding carboxylic acids is 2. The molecule has 0 heterocycles. The van der Waals surface area contributed by atoms with E-state index >= 15 is 0 Å². The van der Waals surface area contributed by atoms with Gasteiger partial charge < -0.3 is 15.0 Å². The number of nitrogens with one attached hydrogen (secondary N) is 1. The summed E-state index contributed by atoms with van der Waals surface area (Å²) in [6.07, 6.45) is 0. The largest absolute Gasteiger partial charge is 0.497 e. The van der Waals surface area contributed by atoms with Gasteiger partial charge in [-0.3, -0.25) is 13.9 Å². The summed E-state index contributed by atoms with van der Waals surface area (Å²) >= 11 is 0. The number of nitrogens with zero attached hydrogens (tertiary/aromatic N) is 2. The molecule has 208 valence electrons. The molecule has 39 heavy (non-hydrogen) atoms. The summed E-state index contributed by atoms with van der Waals surface area (Å²) in [6, 6.07) is 21.3. The number of methoxy groups -OCH3 is 1. The molecule has 0 unspecified atom stereocenters. The maximum absolute atomic E-state index is 13.9. The average Bonchev–Trinajstić information content (AvgIpc) is 2.94. The van der Waals surface area contributed by atoms with Gasteiger partial charge in [-0.2, -0.15) is 0 Å². The molecule has 8 nitrogen and oxygen atoms in total. The lowest BCUT2D eigenvalue weighted by Crippen LogP contribution is -2.51. The Kier molecular flexibility index (Phi) is 10.1. The van der Waals surface area contributed by atoms with E-state index in [0.29, 0.717) is 12.3 Å². The van der Waals surface area contributed by atoms with Crippen LogP contribution in [0.15, 0.2) is 83.8 Å². The molecule has 0 aromatic heterocycles. The Balaban J connectivity index is 2.01. The van der Waals surface area contributed by atoms with Crippen LogP contribution in [0.4, 0.5) is 5.69 Å². The van der Waals surface area contributed by atoms with Gasteiger partial charge in [-0.25, -0.2) is 8.42 Å². The second kappa shape index (κ2) is 13.3. The van der Waals surface area contributed by atoms with Gasteiger partial charge >= 0.3 is 0 Å². The standard InChI is InChI=1S/C30H37N3O5S/c1-22(2)19-31-30(35)24(4)32(20-25-16-14-23(3)15-17-25)29(34)21-33(26-10-9-11-27(18-26)38-5)39(36,37)28-12-7-6-8-13-28/h6-18,22,24H,19-21H2,1-5H3,(H,31,35)/t24-/m1/s1. The van der Waals surface area contributed by atoms with Gasteiger partial charge in [0.05, 0.1) is 17.7 Å². The van der Waals surface area contributed by atoms with E-state index in [1.54, 1.807) is 49.4 Å². The maximum atomic E-state index is 13.9. The molecule has 3 aromatic carbocycles. The third kappa shape index (κ3) is 7.83. The molecule has 0 radical (unpaired) electrons. The van der Waals surface area contributed by atoms with Gasteiger partial charge in [0.2, 0.25) is 11.8 Å². The van der Waals surface area contributed by atoms with Crippen LogP contribution in [-0.2, 0) is 26.2 Å². The normalized spacial score (nSPS) is 12.1. The summed E-state index contributed by atoms with van der Waals surface area (Å²) < 4.78 is 34.0. The number of sulfonamides is 1. The molecular weight excluding hydrogens is 514 g/mol. The minimum absolute atomic E-state index is 0.0495. The van der Waals surface area contributed by atoms with Crippen LogP contribution in [0.5, 0.6) is 5.75 Å². The zero-order valence-corrected chi connectivity index (χ0v) is 23.9. The number of carbonyl (C=O) groups is 2. The van der Waals surface area contributed by atoms with Gasteiger partial charge in [0.15, 0.2) is 0 Å². The van der Waals surface area contributed by atoms with Crippen molar-refractivity contribution in [1.29, 1.82) is 0 Å². The first-order valence-electron chi connectivity index (χ1n) is 12.9. The number of anilines is 1. The molecule has 0 fully saturated rings. The summed E-state index contributed by atoms with van der Waals surface area (Å²) in [5.74, 6) is -0.124. The highest BCUT2D eigenvalue weighted by Gasteiger charge is 2.32. The highest BCUT2D eigenvalue weighted by Crippen LogP contribution is 2.27. The van der Waals surface area contributed by atoms with Crippen molar-refractivity contribution < 1.29 is 22.7 Å². The Hall–Kier alpha value is -3.85. The smallest absolute Gasteiger partial charge is 0.264 e. The van der Waals surface area contributed by atoms with Crippen molar-refractivity contribution in [1.82, 2.24) is 10.2 Å². The molecule has 3 aromatic rings. The number of hydrogen-bond donors (Lipinski definition) is 1. The van der Waals surface area contributed by atoms with Crippen LogP contribution in [0.2, 0.25) is 0 Å². The number of benzene rings is 3. The van der Waals surface area contributed by atoms with E-state index in [1.165, 1.54) is 24.1 Å². The van der Waals surface area contributed by atoms with Crippen LogP contribution < -0.4 is 14.4 Å². The first-order valence-corrected chi connectivity index (χ1v) is 14.3. The van der Waals surface area contributed by atoms with Crippen LogP contribution in [0.25, 0.3) is 0 Å². The minimum atomic E-state index is -4.12. The van der Waals surface area contributed by atoms with Gasteiger partial charge in [-0.05, 0) is 49.6 Å². The van der Waals surface area contributed by atoms with E-state index < -0.39 is 28.5 Å². The highest BCUT2D eigenvalue weighted by atomic mass is 32.2. The summed E-state index contributed by atoms with van der Waals surface area (Å²) in [5.41, 5.74) is 2.17. The fourth-order valence-electron chi connectivity index (χ4n) is 3.94. The van der Waals surface area contributed by atoms with E-state index in [9.17, 15) is 18.0 Å². The fraction of sp³-hybridized carbons (Fsp3) is 0.333. The second-order valence-electron chi connectivity index (χ2n) is 9.85. The Morgan fingerprint density at radius 3 is 2.21 bits per heavy atom. The van der Waals surface area contributed by atoms with E-state index in [-0.39, 0.29) is 29.0 Å². The molecule has 1 N–H and O–H groups in total. The number of amides is 2. The lowest BCUT2D eigenvalue weighted by atomic mass is 10.1. The maximum Gasteiger partial charge on any atom is 0.264 e. The van der Waals surface area contributed by atoms with Crippen molar-refractivity contribution in [3.8, 4) is 5.75 Å². The van der Waals surface area contributed by atoms with Crippen molar-refractivity contribution in [2.24, 2.45) is 5.92 Å². The first kappa shape index (κ1) is 29.7. The van der Waals surface area contributed by atoms with Crippen LogP contribution in [0, 0.1) is 12.8 Å². The summed E-state index contributed by atoms with van der Waals surface area (Å²) in [5, 5.41) is 2.89. The van der Waals surface area contributed by atoms with Crippen molar-refractivity contribution in [3.05, 3.63) is 90.0 Å². The Morgan fingerprint density at radius 1 is 0.923 bits per heavy atom. The molecule has 0 bridgehead atoms. The number of aryl methyl sites for hydroxylation is 1. The quantitative estimate of drug-likeness (QED) is 0.360. The molecule has 0 aliphatic heterocycles. The molecule has 1 atom stereocenters. The zero-order valence-electron chi connectivity index (χ0n) is 23.1. The molecule has 0 saturated carbocycles.